The van der Waals surface area contributed by atoms with Crippen molar-refractivity contribution >= 4 is 10.9 Å². The second kappa shape index (κ2) is 3.51. The first-order chi connectivity index (χ1) is 7.42. The largest absolute Gasteiger partial charge is 0.491 e. The van der Waals surface area contributed by atoms with E-state index in [0.717, 1.165) is 23.3 Å². The van der Waals surface area contributed by atoms with Gasteiger partial charge in [0, 0.05) is 17.6 Å². The molecule has 1 fully saturated rings. The van der Waals surface area contributed by atoms with E-state index < -0.39 is 0 Å². The van der Waals surface area contributed by atoms with Crippen molar-refractivity contribution in [2.75, 3.05) is 13.2 Å². The highest BCUT2D eigenvalue weighted by Gasteiger charge is 2.22. The molecule has 0 N–H and O–H groups in total. The molecular formula is C12H11NO2. The topological polar surface area (TPSA) is 34.6 Å². The molecule has 3 rings (SSSR count). The van der Waals surface area contributed by atoms with Crippen LogP contribution in [0.4, 0.5) is 0 Å². The van der Waals surface area contributed by atoms with Crippen LogP contribution in [0.3, 0.4) is 0 Å². The van der Waals surface area contributed by atoms with E-state index in [0.29, 0.717) is 12.7 Å². The van der Waals surface area contributed by atoms with E-state index in [9.17, 15) is 0 Å². The number of hydrogen-bond acceptors (Lipinski definition) is 3. The Balaban J connectivity index is 1.84. The van der Waals surface area contributed by atoms with Crippen molar-refractivity contribution < 1.29 is 9.47 Å². The predicted octanol–water partition coefficient (Wildman–Crippen LogP) is 2.01. The Kier molecular flexibility index (Phi) is 2.03. The number of benzene rings is 1. The molecule has 0 aliphatic carbocycles. The second-order valence-corrected chi connectivity index (χ2v) is 3.62. The van der Waals surface area contributed by atoms with Gasteiger partial charge in [-0.15, -0.1) is 0 Å². The summed E-state index contributed by atoms with van der Waals surface area (Å²) in [5, 5.41) is 1.13. The van der Waals surface area contributed by atoms with E-state index in [-0.39, 0.29) is 0 Å². The molecule has 0 saturated carbocycles. The molecule has 0 spiro atoms. The zero-order valence-corrected chi connectivity index (χ0v) is 8.22. The number of pyridine rings is 1. The summed E-state index contributed by atoms with van der Waals surface area (Å²) in [6, 6.07) is 9.91. The summed E-state index contributed by atoms with van der Waals surface area (Å²) < 4.78 is 10.7. The van der Waals surface area contributed by atoms with Crippen molar-refractivity contribution in [2.24, 2.45) is 0 Å². The van der Waals surface area contributed by atoms with Gasteiger partial charge in [0.1, 0.15) is 18.5 Å². The monoisotopic (exact) mass is 201 g/mol. The molecule has 0 radical (unpaired) electrons. The summed E-state index contributed by atoms with van der Waals surface area (Å²) >= 11 is 0. The number of hydrogen-bond donors (Lipinski definition) is 0. The van der Waals surface area contributed by atoms with Crippen LogP contribution in [0.2, 0.25) is 0 Å². The van der Waals surface area contributed by atoms with E-state index in [1.54, 1.807) is 6.20 Å². The lowest BCUT2D eigenvalue weighted by Crippen LogP contribution is -2.03. The molecule has 1 saturated heterocycles. The fraction of sp³-hybridized carbons (Fsp3) is 0.250. The minimum absolute atomic E-state index is 0.296. The molecule has 1 aromatic heterocycles. The number of epoxide rings is 1. The van der Waals surface area contributed by atoms with Crippen LogP contribution < -0.4 is 4.74 Å². The van der Waals surface area contributed by atoms with Gasteiger partial charge in [-0.25, -0.2) is 0 Å². The van der Waals surface area contributed by atoms with Crippen LogP contribution in [0, 0.1) is 0 Å². The Morgan fingerprint density at radius 2 is 2.33 bits per heavy atom. The van der Waals surface area contributed by atoms with Crippen molar-refractivity contribution in [3.8, 4) is 5.75 Å². The van der Waals surface area contributed by atoms with E-state index in [2.05, 4.69) is 4.98 Å². The summed E-state index contributed by atoms with van der Waals surface area (Å²) in [6.07, 6.45) is 2.08. The van der Waals surface area contributed by atoms with Gasteiger partial charge in [0.25, 0.3) is 0 Å². The van der Waals surface area contributed by atoms with Crippen LogP contribution in [0.1, 0.15) is 0 Å². The van der Waals surface area contributed by atoms with Gasteiger partial charge in [0.15, 0.2) is 0 Å². The second-order valence-electron chi connectivity index (χ2n) is 3.62. The molecule has 2 aromatic rings. The zero-order valence-electron chi connectivity index (χ0n) is 8.22. The molecule has 3 heteroatoms. The number of fused-ring (bicyclic) bond motifs is 1. The van der Waals surface area contributed by atoms with Gasteiger partial charge in [-0.1, -0.05) is 6.07 Å². The lowest BCUT2D eigenvalue weighted by atomic mass is 10.2. The van der Waals surface area contributed by atoms with E-state index in [1.165, 1.54) is 0 Å². The van der Waals surface area contributed by atoms with Crippen LogP contribution in [0.5, 0.6) is 5.75 Å². The van der Waals surface area contributed by atoms with Crippen molar-refractivity contribution in [2.45, 2.75) is 6.10 Å². The molecule has 0 unspecified atom stereocenters. The highest BCUT2D eigenvalue weighted by Crippen LogP contribution is 2.20. The summed E-state index contributed by atoms with van der Waals surface area (Å²) in [5.74, 6) is 0.858. The molecule has 1 aromatic carbocycles. The maximum Gasteiger partial charge on any atom is 0.121 e. The quantitative estimate of drug-likeness (QED) is 0.712. The third kappa shape index (κ3) is 1.92. The minimum atomic E-state index is 0.296. The fourth-order valence-corrected chi connectivity index (χ4v) is 1.49. The third-order valence-electron chi connectivity index (χ3n) is 2.42. The first-order valence-corrected chi connectivity index (χ1v) is 5.01. The highest BCUT2D eigenvalue weighted by atomic mass is 16.6. The predicted molar refractivity (Wildman–Crippen MR) is 57.0 cm³/mol. The molecule has 1 aliphatic rings. The van der Waals surface area contributed by atoms with Crippen LogP contribution >= 0.6 is 0 Å². The van der Waals surface area contributed by atoms with Crippen molar-refractivity contribution in [3.63, 3.8) is 0 Å². The molecule has 0 bridgehead atoms. The average Bonchev–Trinajstić information content (AvgIpc) is 3.10. The maximum absolute atomic E-state index is 5.57. The van der Waals surface area contributed by atoms with Crippen molar-refractivity contribution in [3.05, 3.63) is 36.5 Å². The molecule has 1 atom stereocenters. The van der Waals surface area contributed by atoms with Gasteiger partial charge in [-0.2, -0.15) is 0 Å². The molecule has 76 valence electrons. The van der Waals surface area contributed by atoms with Crippen molar-refractivity contribution in [1.82, 2.24) is 4.98 Å². The van der Waals surface area contributed by atoms with Crippen LogP contribution in [0.15, 0.2) is 36.5 Å². The van der Waals surface area contributed by atoms with Crippen molar-refractivity contribution in [1.29, 1.82) is 0 Å². The lowest BCUT2D eigenvalue weighted by Gasteiger charge is -2.04. The fourth-order valence-electron chi connectivity index (χ4n) is 1.49. The summed E-state index contributed by atoms with van der Waals surface area (Å²) in [5.41, 5.74) is 0.965. The maximum atomic E-state index is 5.57. The Morgan fingerprint density at radius 1 is 1.40 bits per heavy atom. The van der Waals surface area contributed by atoms with Gasteiger partial charge < -0.3 is 9.47 Å². The summed E-state index contributed by atoms with van der Waals surface area (Å²) in [7, 11) is 0. The van der Waals surface area contributed by atoms with Gasteiger partial charge in [-0.05, 0) is 18.2 Å². The normalized spacial score (nSPS) is 19.1. The van der Waals surface area contributed by atoms with Crippen LogP contribution in [-0.2, 0) is 4.74 Å². The van der Waals surface area contributed by atoms with Gasteiger partial charge in [0.05, 0.1) is 12.1 Å². The number of aromatic nitrogens is 1. The number of rotatable bonds is 3. The standard InChI is InChI=1S/C12H11NO2/c1-2-9-3-4-10(6-12(9)13-5-1)14-7-11-8-15-11/h1-6,11H,7-8H2/t11-/m1/s1. The lowest BCUT2D eigenvalue weighted by molar-refractivity contribution is 0.263. The Bertz CT molecular complexity index is 480. The number of nitrogens with zero attached hydrogens (tertiary/aromatic N) is 1. The average molecular weight is 201 g/mol. The SMILES string of the molecule is c1cnc2cc(OC[C@@H]3CO3)ccc2c1. The van der Waals surface area contributed by atoms with Crippen LogP contribution in [0.25, 0.3) is 10.9 Å². The first kappa shape index (κ1) is 8.68. The smallest absolute Gasteiger partial charge is 0.121 e. The van der Waals surface area contributed by atoms with E-state index >= 15 is 0 Å². The molecular weight excluding hydrogens is 190 g/mol. The first-order valence-electron chi connectivity index (χ1n) is 5.01. The number of ether oxygens (including phenoxy) is 2. The minimum Gasteiger partial charge on any atom is -0.491 e. The van der Waals surface area contributed by atoms with Gasteiger partial charge >= 0.3 is 0 Å². The Morgan fingerprint density at radius 3 is 3.20 bits per heavy atom. The summed E-state index contributed by atoms with van der Waals surface area (Å²) in [6.45, 7) is 1.46. The summed E-state index contributed by atoms with van der Waals surface area (Å²) in [4.78, 5) is 4.27. The van der Waals surface area contributed by atoms with E-state index in [1.807, 2.05) is 30.3 Å². The van der Waals surface area contributed by atoms with Gasteiger partial charge in [0.2, 0.25) is 0 Å². The molecule has 15 heavy (non-hydrogen) atoms. The Labute approximate surface area is 87.6 Å². The zero-order chi connectivity index (χ0) is 10.1. The highest BCUT2D eigenvalue weighted by molar-refractivity contribution is 5.79. The third-order valence-corrected chi connectivity index (χ3v) is 2.42. The molecule has 2 heterocycles. The molecule has 1 aliphatic heterocycles. The van der Waals surface area contributed by atoms with Crippen LogP contribution in [-0.4, -0.2) is 24.3 Å². The van der Waals surface area contributed by atoms with Gasteiger partial charge in [-0.3, -0.25) is 4.98 Å². The van der Waals surface area contributed by atoms with E-state index in [4.69, 9.17) is 9.47 Å². The Hall–Kier alpha value is -1.61. The molecule has 0 amide bonds. The molecule has 3 nitrogen and oxygen atoms in total.